The van der Waals surface area contributed by atoms with Gasteiger partial charge in [0.15, 0.2) is 5.15 Å². The monoisotopic (exact) mass is 385 g/mol. The quantitative estimate of drug-likeness (QED) is 0.673. The van der Waals surface area contributed by atoms with E-state index in [4.69, 9.17) is 11.6 Å². The fourth-order valence-electron chi connectivity index (χ4n) is 2.39. The van der Waals surface area contributed by atoms with Crippen LogP contribution in [0.1, 0.15) is 26.7 Å². The maximum Gasteiger partial charge on any atom is 0.246 e. The van der Waals surface area contributed by atoms with Crippen LogP contribution in [-0.4, -0.2) is 46.2 Å². The Kier molecular flexibility index (Phi) is 7.05. The maximum atomic E-state index is 12.8. The third-order valence-electron chi connectivity index (χ3n) is 3.73. The van der Waals surface area contributed by atoms with Crippen LogP contribution >= 0.6 is 11.6 Å². The Morgan fingerprint density at radius 2 is 2.19 bits per heavy atom. The third kappa shape index (κ3) is 5.74. The lowest BCUT2D eigenvalue weighted by Gasteiger charge is -2.19. The lowest BCUT2D eigenvalue weighted by molar-refractivity contribution is -0.118. The molecule has 0 aliphatic carbocycles. The van der Waals surface area contributed by atoms with Crippen molar-refractivity contribution in [2.24, 2.45) is 0 Å². The van der Waals surface area contributed by atoms with Crippen molar-refractivity contribution in [1.82, 2.24) is 20.1 Å². The average molecular weight is 386 g/mol. The first-order valence-electron chi connectivity index (χ1n) is 8.36. The van der Waals surface area contributed by atoms with Crippen LogP contribution in [-0.2, 0) is 4.79 Å². The number of halogens is 3. The van der Waals surface area contributed by atoms with E-state index in [1.807, 2.05) is 13.0 Å². The molecule has 1 N–H and O–H groups in total. The van der Waals surface area contributed by atoms with Crippen molar-refractivity contribution in [3.05, 3.63) is 35.9 Å². The molecule has 2 aromatic rings. The van der Waals surface area contributed by atoms with Gasteiger partial charge in [0.2, 0.25) is 11.8 Å². The Bertz CT molecular complexity index is 718. The summed E-state index contributed by atoms with van der Waals surface area (Å²) in [6.45, 7) is 3.61. The van der Waals surface area contributed by atoms with E-state index >= 15 is 0 Å². The van der Waals surface area contributed by atoms with Crippen LogP contribution in [0.5, 0.6) is 0 Å². The van der Waals surface area contributed by atoms with Crippen LogP contribution < -0.4 is 10.2 Å². The van der Waals surface area contributed by atoms with Gasteiger partial charge in [-0.05, 0) is 26.0 Å². The largest absolute Gasteiger partial charge is 0.316 e. The van der Waals surface area contributed by atoms with Gasteiger partial charge in [0.05, 0.1) is 18.1 Å². The minimum atomic E-state index is -2.71. The van der Waals surface area contributed by atoms with Gasteiger partial charge in [0.25, 0.3) is 0 Å². The highest BCUT2D eigenvalue weighted by Gasteiger charge is 2.21. The van der Waals surface area contributed by atoms with Gasteiger partial charge in [-0.25, -0.2) is 13.5 Å². The molecule has 6 nitrogen and oxygen atoms in total. The molecule has 142 valence electrons. The van der Waals surface area contributed by atoms with E-state index in [0.717, 1.165) is 12.6 Å². The van der Waals surface area contributed by atoms with Crippen LogP contribution in [0.15, 0.2) is 30.7 Å². The number of aromatic nitrogens is 3. The summed E-state index contributed by atoms with van der Waals surface area (Å²) in [5, 5.41) is 7.29. The van der Waals surface area contributed by atoms with Crippen LogP contribution in [0, 0.1) is 0 Å². The normalized spacial score (nSPS) is 11.6. The molecule has 0 aliphatic heterocycles. The van der Waals surface area contributed by atoms with Gasteiger partial charge in [-0.2, -0.15) is 5.10 Å². The number of rotatable bonds is 9. The fraction of sp³-hybridized carbons (Fsp3) is 0.471. The number of nitrogens with zero attached hydrogens (tertiary/aromatic N) is 4. The second kappa shape index (κ2) is 9.05. The van der Waals surface area contributed by atoms with Crippen LogP contribution in [0.25, 0.3) is 5.69 Å². The lowest BCUT2D eigenvalue weighted by Crippen LogP contribution is -2.33. The number of hydrogen-bond donors (Lipinski definition) is 1. The highest BCUT2D eigenvalue weighted by atomic mass is 35.5. The molecule has 0 unspecified atom stereocenters. The van der Waals surface area contributed by atoms with E-state index in [-0.39, 0.29) is 30.4 Å². The minimum absolute atomic E-state index is 0.155. The highest BCUT2D eigenvalue weighted by Crippen LogP contribution is 2.26. The molecule has 0 saturated heterocycles. The van der Waals surface area contributed by atoms with Crippen molar-refractivity contribution in [2.75, 3.05) is 24.5 Å². The number of nitrogens with one attached hydrogen (secondary N) is 1. The first-order chi connectivity index (χ1) is 12.3. The topological polar surface area (TPSA) is 63.1 Å². The number of hydrogen-bond acceptors (Lipinski definition) is 4. The molecule has 1 amide bonds. The summed E-state index contributed by atoms with van der Waals surface area (Å²) in [6.07, 6.45) is 4.88. The summed E-state index contributed by atoms with van der Waals surface area (Å²) in [5.41, 5.74) is 1.23. The average Bonchev–Trinajstić information content (AvgIpc) is 2.97. The summed E-state index contributed by atoms with van der Waals surface area (Å²) in [7, 11) is 0. The van der Waals surface area contributed by atoms with Gasteiger partial charge < -0.3 is 10.2 Å². The van der Waals surface area contributed by atoms with E-state index in [0.29, 0.717) is 18.8 Å². The Morgan fingerprint density at radius 1 is 1.42 bits per heavy atom. The number of anilines is 1. The molecule has 2 aromatic heterocycles. The van der Waals surface area contributed by atoms with Gasteiger partial charge in [-0.1, -0.05) is 11.6 Å². The lowest BCUT2D eigenvalue weighted by atomic mass is 10.2. The van der Waals surface area contributed by atoms with Crippen molar-refractivity contribution in [2.45, 2.75) is 32.6 Å². The first kappa shape index (κ1) is 20.3. The third-order valence-corrected chi connectivity index (χ3v) is 4.00. The van der Waals surface area contributed by atoms with Crippen LogP contribution in [0.2, 0.25) is 5.15 Å². The Hall–Kier alpha value is -2.06. The highest BCUT2D eigenvalue weighted by molar-refractivity contribution is 6.32. The Morgan fingerprint density at radius 3 is 2.81 bits per heavy atom. The minimum Gasteiger partial charge on any atom is -0.316 e. The molecule has 0 radical (unpaired) electrons. The number of carbonyl (C=O) groups excluding carboxylic acids is 1. The molecule has 0 bridgehead atoms. The predicted molar refractivity (Wildman–Crippen MR) is 97.1 cm³/mol. The summed E-state index contributed by atoms with van der Waals surface area (Å²) in [6, 6.07) is 3.60. The van der Waals surface area contributed by atoms with Gasteiger partial charge >= 0.3 is 0 Å². The molecule has 0 spiro atoms. The molecule has 9 heteroatoms. The van der Waals surface area contributed by atoms with Gasteiger partial charge in [0, 0.05) is 38.7 Å². The van der Waals surface area contributed by atoms with Crippen molar-refractivity contribution in [3.63, 3.8) is 0 Å². The summed E-state index contributed by atoms with van der Waals surface area (Å²) in [4.78, 5) is 18.0. The number of pyridine rings is 1. The molecule has 0 aromatic carbocycles. The molecule has 2 rings (SSSR count). The Balaban J connectivity index is 1.97. The first-order valence-corrected chi connectivity index (χ1v) is 8.74. The molecule has 0 atom stereocenters. The zero-order valence-corrected chi connectivity index (χ0v) is 15.5. The van der Waals surface area contributed by atoms with Crippen molar-refractivity contribution in [1.29, 1.82) is 0 Å². The fourth-order valence-corrected chi connectivity index (χ4v) is 2.62. The van der Waals surface area contributed by atoms with E-state index in [9.17, 15) is 13.6 Å². The molecular weight excluding hydrogens is 364 g/mol. The van der Waals surface area contributed by atoms with Crippen LogP contribution in [0.3, 0.4) is 0 Å². The molecule has 0 fully saturated rings. The molecule has 0 aliphatic rings. The SMILES string of the molecule is CCN(C(=O)CCNCCC(C)(F)F)c1cn(-c2cccnc2)nc1Cl. The molecule has 0 saturated carbocycles. The summed E-state index contributed by atoms with van der Waals surface area (Å²) >= 11 is 6.20. The molecule has 2 heterocycles. The van der Waals surface area contributed by atoms with E-state index in [1.165, 1.54) is 4.90 Å². The van der Waals surface area contributed by atoms with Gasteiger partial charge in [-0.3, -0.25) is 9.78 Å². The van der Waals surface area contributed by atoms with E-state index < -0.39 is 5.92 Å². The zero-order chi connectivity index (χ0) is 19.2. The number of carbonyl (C=O) groups is 1. The molecular formula is C17H22ClF2N5O. The van der Waals surface area contributed by atoms with Crippen molar-refractivity contribution >= 4 is 23.2 Å². The van der Waals surface area contributed by atoms with E-state index in [2.05, 4.69) is 15.4 Å². The number of alkyl halides is 2. The standard InChI is InChI=1S/C17H22ClF2N5O/c1-3-24(15(26)6-9-21-10-7-17(2,19)20)14-12-25(23-16(14)18)13-5-4-8-22-11-13/h4-5,8,11-12,21H,3,6-7,9-10H2,1-2H3. The number of amides is 1. The Labute approximate surface area is 156 Å². The summed E-state index contributed by atoms with van der Waals surface area (Å²) < 4.78 is 27.1. The van der Waals surface area contributed by atoms with E-state index in [1.54, 1.807) is 29.3 Å². The maximum absolute atomic E-state index is 12.8. The van der Waals surface area contributed by atoms with Gasteiger partial charge in [0.1, 0.15) is 5.69 Å². The van der Waals surface area contributed by atoms with Gasteiger partial charge in [-0.15, -0.1) is 0 Å². The zero-order valence-electron chi connectivity index (χ0n) is 14.8. The second-order valence-electron chi connectivity index (χ2n) is 5.92. The smallest absolute Gasteiger partial charge is 0.246 e. The predicted octanol–water partition coefficient (Wildman–Crippen LogP) is 3.30. The van der Waals surface area contributed by atoms with Crippen LogP contribution in [0.4, 0.5) is 14.5 Å². The molecule has 26 heavy (non-hydrogen) atoms. The van der Waals surface area contributed by atoms with Crippen molar-refractivity contribution < 1.29 is 13.6 Å². The second-order valence-corrected chi connectivity index (χ2v) is 6.28. The summed E-state index contributed by atoms with van der Waals surface area (Å²) in [5.74, 6) is -2.86. The van der Waals surface area contributed by atoms with Crippen molar-refractivity contribution in [3.8, 4) is 5.69 Å².